The Morgan fingerprint density at radius 1 is 1.21 bits per heavy atom. The topological polar surface area (TPSA) is 75.7 Å². The number of hydrogen-bond acceptors (Lipinski definition) is 4. The molecule has 7 heteroatoms. The molecule has 0 aromatic heterocycles. The normalized spacial score (nSPS) is 14.1. The molecule has 3 rings (SSSR count). The fraction of sp³-hybridized carbons (Fsp3) is 0.235. The maximum atomic E-state index is 12.5. The maximum absolute atomic E-state index is 12.5. The van der Waals surface area contributed by atoms with Crippen LogP contribution >= 0.6 is 0 Å². The second kappa shape index (κ2) is 6.16. The van der Waals surface area contributed by atoms with Gasteiger partial charge in [-0.1, -0.05) is 35.9 Å². The van der Waals surface area contributed by atoms with Gasteiger partial charge in [0.25, 0.3) is 5.91 Å². The third-order valence-electron chi connectivity index (χ3n) is 3.76. The zero-order valence-corrected chi connectivity index (χ0v) is 14.3. The van der Waals surface area contributed by atoms with Crippen LogP contribution in [-0.2, 0) is 20.6 Å². The summed E-state index contributed by atoms with van der Waals surface area (Å²) in [6.07, 6.45) is 0. The average molecular weight is 346 g/mol. The van der Waals surface area contributed by atoms with Crippen LogP contribution in [-0.4, -0.2) is 28.0 Å². The van der Waals surface area contributed by atoms with Crippen LogP contribution in [0.2, 0.25) is 0 Å². The smallest absolute Gasteiger partial charge is 0.264 e. The first-order chi connectivity index (χ1) is 11.4. The van der Waals surface area contributed by atoms with Gasteiger partial charge in [0.2, 0.25) is 10.0 Å². The zero-order chi connectivity index (χ0) is 17.3. The number of fused-ring (bicyclic) bond motifs is 1. The highest BCUT2D eigenvalue weighted by atomic mass is 32.2. The number of ether oxygens (including phenoxy) is 1. The monoisotopic (exact) mass is 346 g/mol. The van der Waals surface area contributed by atoms with Gasteiger partial charge in [-0.15, -0.1) is 0 Å². The molecule has 24 heavy (non-hydrogen) atoms. The molecule has 0 atom stereocenters. The summed E-state index contributed by atoms with van der Waals surface area (Å²) in [5.74, 6) is 0.109. The van der Waals surface area contributed by atoms with Crippen molar-refractivity contribution >= 4 is 27.3 Å². The molecule has 0 aliphatic carbocycles. The number of para-hydroxylation sites is 1. The third-order valence-corrected chi connectivity index (χ3v) is 5.01. The predicted molar refractivity (Wildman–Crippen MR) is 92.8 cm³/mol. The van der Waals surface area contributed by atoms with Gasteiger partial charge in [-0.2, -0.15) is 0 Å². The lowest BCUT2D eigenvalue weighted by Crippen LogP contribution is -2.36. The van der Waals surface area contributed by atoms with Crippen LogP contribution in [0.5, 0.6) is 5.75 Å². The van der Waals surface area contributed by atoms with Crippen molar-refractivity contribution in [3.63, 3.8) is 0 Å². The molecule has 6 nitrogen and oxygen atoms in total. The van der Waals surface area contributed by atoms with Crippen molar-refractivity contribution in [2.24, 2.45) is 0 Å². The highest BCUT2D eigenvalue weighted by Crippen LogP contribution is 2.38. The lowest BCUT2D eigenvalue weighted by atomic mass is 10.2. The van der Waals surface area contributed by atoms with Crippen LogP contribution in [0.25, 0.3) is 0 Å². The van der Waals surface area contributed by atoms with Gasteiger partial charge in [-0.25, -0.2) is 8.42 Å². The molecular formula is C17H18N2O4S. The fourth-order valence-electron chi connectivity index (χ4n) is 2.65. The summed E-state index contributed by atoms with van der Waals surface area (Å²) >= 11 is 0. The molecule has 0 fully saturated rings. The minimum Gasteiger partial charge on any atom is -0.481 e. The number of aryl methyl sites for hydroxylation is 1. The first-order valence-electron chi connectivity index (χ1n) is 7.44. The summed E-state index contributed by atoms with van der Waals surface area (Å²) in [6, 6.07) is 12.3. The van der Waals surface area contributed by atoms with E-state index >= 15 is 0 Å². The highest BCUT2D eigenvalue weighted by molar-refractivity contribution is 7.91. The molecule has 0 unspecified atom stereocenters. The first kappa shape index (κ1) is 16.3. The van der Waals surface area contributed by atoms with Gasteiger partial charge in [0.05, 0.1) is 11.4 Å². The van der Waals surface area contributed by atoms with Crippen molar-refractivity contribution in [1.82, 2.24) is 0 Å². The van der Waals surface area contributed by atoms with Gasteiger partial charge >= 0.3 is 0 Å². The molecule has 0 radical (unpaired) electrons. The van der Waals surface area contributed by atoms with Crippen LogP contribution in [0.3, 0.4) is 0 Å². The van der Waals surface area contributed by atoms with Crippen molar-refractivity contribution in [2.45, 2.75) is 12.7 Å². The summed E-state index contributed by atoms with van der Waals surface area (Å²) in [6.45, 7) is 1.86. The standard InChI is InChI=1S/C17H18N2O4S/c1-12-5-3-6-13(9-12)11-24(21,22)18-14-7-4-8-15-17(14)19(2)16(20)10-23-15/h3-9,18H,10-11H2,1-2H3. The Morgan fingerprint density at radius 3 is 2.71 bits per heavy atom. The Balaban J connectivity index is 1.90. The minimum absolute atomic E-state index is 0.0526. The number of amides is 1. The number of nitrogens with zero attached hydrogens (tertiary/aromatic N) is 1. The van der Waals surface area contributed by atoms with Crippen molar-refractivity contribution in [3.8, 4) is 5.75 Å². The number of nitrogens with one attached hydrogen (secondary N) is 1. The zero-order valence-electron chi connectivity index (χ0n) is 13.4. The molecule has 2 aromatic carbocycles. The largest absolute Gasteiger partial charge is 0.481 e. The highest BCUT2D eigenvalue weighted by Gasteiger charge is 2.26. The summed E-state index contributed by atoms with van der Waals surface area (Å²) in [7, 11) is -2.02. The molecule has 0 saturated carbocycles. The van der Waals surface area contributed by atoms with Crippen LogP contribution in [0.1, 0.15) is 11.1 Å². The quantitative estimate of drug-likeness (QED) is 0.922. The van der Waals surface area contributed by atoms with E-state index in [4.69, 9.17) is 4.74 Å². The molecule has 1 aliphatic rings. The number of anilines is 2. The Kier molecular flexibility index (Phi) is 4.19. The fourth-order valence-corrected chi connectivity index (χ4v) is 3.84. The molecular weight excluding hydrogens is 328 g/mol. The van der Waals surface area contributed by atoms with Crippen LogP contribution < -0.4 is 14.4 Å². The van der Waals surface area contributed by atoms with Gasteiger partial charge < -0.3 is 9.64 Å². The predicted octanol–water partition coefficient (Wildman–Crippen LogP) is 2.29. The number of sulfonamides is 1. The molecule has 1 N–H and O–H groups in total. The van der Waals surface area contributed by atoms with E-state index in [0.29, 0.717) is 22.7 Å². The van der Waals surface area contributed by atoms with Crippen LogP contribution in [0, 0.1) is 6.92 Å². The second-order valence-corrected chi connectivity index (χ2v) is 7.47. The summed E-state index contributed by atoms with van der Waals surface area (Å²) in [4.78, 5) is 13.2. The third kappa shape index (κ3) is 3.35. The Labute approximate surface area is 141 Å². The van der Waals surface area contributed by atoms with Gasteiger partial charge in [0.1, 0.15) is 11.4 Å². The molecule has 1 amide bonds. The van der Waals surface area contributed by atoms with Gasteiger partial charge in [-0.05, 0) is 24.6 Å². The van der Waals surface area contributed by atoms with Crippen LogP contribution in [0.15, 0.2) is 42.5 Å². The van der Waals surface area contributed by atoms with Gasteiger partial charge in [-0.3, -0.25) is 9.52 Å². The lowest BCUT2D eigenvalue weighted by Gasteiger charge is -2.28. The molecule has 2 aromatic rings. The number of benzene rings is 2. The Morgan fingerprint density at radius 2 is 1.96 bits per heavy atom. The van der Waals surface area contributed by atoms with Crippen molar-refractivity contribution in [2.75, 3.05) is 23.3 Å². The van der Waals surface area contributed by atoms with Gasteiger partial charge in [0, 0.05) is 7.05 Å². The van der Waals surface area contributed by atoms with E-state index in [9.17, 15) is 13.2 Å². The summed E-state index contributed by atoms with van der Waals surface area (Å²) in [5, 5.41) is 0. The average Bonchev–Trinajstić information content (AvgIpc) is 2.50. The molecule has 0 spiro atoms. The van der Waals surface area contributed by atoms with Crippen molar-refractivity contribution in [1.29, 1.82) is 0 Å². The van der Waals surface area contributed by atoms with E-state index in [1.54, 1.807) is 31.3 Å². The number of carbonyl (C=O) groups excluding carboxylic acids is 1. The summed E-state index contributed by atoms with van der Waals surface area (Å²) in [5.41, 5.74) is 2.46. The molecule has 0 bridgehead atoms. The van der Waals surface area contributed by atoms with E-state index in [-0.39, 0.29) is 18.3 Å². The summed E-state index contributed by atoms with van der Waals surface area (Å²) < 4.78 is 32.9. The number of carbonyl (C=O) groups is 1. The Bertz CT molecular complexity index is 893. The Hall–Kier alpha value is -2.54. The van der Waals surface area contributed by atoms with E-state index in [0.717, 1.165) is 5.56 Å². The maximum Gasteiger partial charge on any atom is 0.264 e. The lowest BCUT2D eigenvalue weighted by molar-refractivity contribution is -0.120. The van der Waals surface area contributed by atoms with E-state index in [1.807, 2.05) is 25.1 Å². The van der Waals surface area contributed by atoms with Gasteiger partial charge in [0.15, 0.2) is 6.61 Å². The number of likely N-dealkylation sites (N-methyl/N-ethyl adjacent to an activating group) is 1. The first-order valence-corrected chi connectivity index (χ1v) is 9.09. The van der Waals surface area contributed by atoms with Crippen molar-refractivity contribution < 1.29 is 17.9 Å². The number of hydrogen-bond donors (Lipinski definition) is 1. The van der Waals surface area contributed by atoms with E-state index in [1.165, 1.54) is 4.90 Å². The van der Waals surface area contributed by atoms with E-state index in [2.05, 4.69) is 4.72 Å². The van der Waals surface area contributed by atoms with E-state index < -0.39 is 10.0 Å². The van der Waals surface area contributed by atoms with Crippen molar-refractivity contribution in [3.05, 3.63) is 53.6 Å². The van der Waals surface area contributed by atoms with Crippen LogP contribution in [0.4, 0.5) is 11.4 Å². The minimum atomic E-state index is -3.62. The molecule has 1 heterocycles. The molecule has 0 saturated heterocycles. The number of rotatable bonds is 4. The second-order valence-electron chi connectivity index (χ2n) is 5.74. The SMILES string of the molecule is Cc1cccc(CS(=O)(=O)Nc2cccc3c2N(C)C(=O)CO3)c1. The molecule has 1 aliphatic heterocycles. The molecule has 126 valence electrons.